The second-order valence-electron chi connectivity index (χ2n) is 10.00. The molecule has 0 spiro atoms. The molecule has 0 amide bonds. The molecule has 5 rings (SSSR count). The molecular weight excluding hydrogens is 516 g/mol. The molecule has 0 bridgehead atoms. The molecule has 1 aliphatic heterocycles. The maximum atomic E-state index is 12.8. The van der Waals surface area contributed by atoms with E-state index in [1.54, 1.807) is 0 Å². The Balaban J connectivity index is 1.22. The van der Waals surface area contributed by atoms with Gasteiger partial charge in [-0.1, -0.05) is 78.9 Å². The molecule has 0 N–H and O–H groups in total. The van der Waals surface area contributed by atoms with E-state index in [0.717, 1.165) is 33.8 Å². The van der Waals surface area contributed by atoms with E-state index < -0.39 is 0 Å². The fraction of sp³-hybridized carbons (Fsp3) is 0.105. The molecule has 1 heterocycles. The Morgan fingerprint density at radius 3 is 2.19 bits per heavy atom. The van der Waals surface area contributed by atoms with Crippen LogP contribution in [0.1, 0.15) is 35.3 Å². The van der Waals surface area contributed by atoms with Gasteiger partial charge >= 0.3 is 0 Å². The van der Waals surface area contributed by atoms with Crippen LogP contribution in [0.15, 0.2) is 162 Å². The number of hydrogen-bond donors (Lipinski definition) is 0. The Morgan fingerprint density at radius 1 is 0.857 bits per heavy atom. The molecule has 4 heteroatoms. The van der Waals surface area contributed by atoms with Gasteiger partial charge in [0.05, 0.1) is 5.69 Å². The molecule has 4 aromatic carbocycles. The van der Waals surface area contributed by atoms with Crippen molar-refractivity contribution in [1.82, 2.24) is 0 Å². The molecule has 0 radical (unpaired) electrons. The molecule has 42 heavy (non-hydrogen) atoms. The normalized spacial score (nSPS) is 15.3. The van der Waals surface area contributed by atoms with E-state index in [-0.39, 0.29) is 11.8 Å². The molecule has 0 aliphatic carbocycles. The van der Waals surface area contributed by atoms with Crippen LogP contribution in [0.25, 0.3) is 0 Å². The number of rotatable bonds is 10. The van der Waals surface area contributed by atoms with Crippen molar-refractivity contribution < 1.29 is 9.53 Å². The molecule has 1 atom stereocenters. The topological polar surface area (TPSA) is 41.9 Å². The number of aliphatic imine (C=N–C) groups is 1. The average Bonchev–Trinajstić information content (AvgIpc) is 3.04. The Hall–Kier alpha value is -5.22. The summed E-state index contributed by atoms with van der Waals surface area (Å²) < 4.78 is 5.88. The van der Waals surface area contributed by atoms with Gasteiger partial charge in [-0.3, -0.25) is 9.79 Å². The van der Waals surface area contributed by atoms with Crippen LogP contribution in [0.4, 0.5) is 11.4 Å². The number of ether oxygens (including phenoxy) is 1. The first-order valence-corrected chi connectivity index (χ1v) is 14.1. The van der Waals surface area contributed by atoms with Crippen LogP contribution in [-0.2, 0) is 6.61 Å². The quantitative estimate of drug-likeness (QED) is 0.112. The lowest BCUT2D eigenvalue weighted by molar-refractivity contribution is 0.103. The lowest BCUT2D eigenvalue weighted by Crippen LogP contribution is -2.28. The molecule has 208 valence electrons. The largest absolute Gasteiger partial charge is 0.489 e. The standard InChI is InChI=1S/C38H34N2O2/c1-3-10-31(23-25-39-35-17-21-37(22-18-35)42-28-30-11-6-4-7-12-30)34-24-26-40(29(2)27-34)36-19-15-33(16-20-36)38(41)32-13-8-5-9-14-32/h3-27,29H,28H2,1-2H3/b10-3-,31-23+,39-25?. The number of benzene rings is 4. The third-order valence-corrected chi connectivity index (χ3v) is 6.98. The Bertz CT molecular complexity index is 1630. The second kappa shape index (κ2) is 13.9. The summed E-state index contributed by atoms with van der Waals surface area (Å²) in [5.74, 6) is 0.845. The van der Waals surface area contributed by atoms with Gasteiger partial charge in [0.1, 0.15) is 12.4 Å². The Kier molecular flexibility index (Phi) is 9.38. The highest BCUT2D eigenvalue weighted by Gasteiger charge is 2.17. The van der Waals surface area contributed by atoms with Crippen LogP contribution in [0.2, 0.25) is 0 Å². The van der Waals surface area contributed by atoms with Gasteiger partial charge < -0.3 is 9.64 Å². The summed E-state index contributed by atoms with van der Waals surface area (Å²) in [4.78, 5) is 19.6. The second-order valence-corrected chi connectivity index (χ2v) is 10.00. The molecule has 1 aliphatic rings. The van der Waals surface area contributed by atoms with Crippen LogP contribution in [0.5, 0.6) is 5.75 Å². The van der Waals surface area contributed by atoms with E-state index >= 15 is 0 Å². The third kappa shape index (κ3) is 7.29. The summed E-state index contributed by atoms with van der Waals surface area (Å²) in [7, 11) is 0. The summed E-state index contributed by atoms with van der Waals surface area (Å²) in [5, 5.41) is 0. The van der Waals surface area contributed by atoms with Gasteiger partial charge in [0, 0.05) is 35.3 Å². The van der Waals surface area contributed by atoms with Crippen LogP contribution in [0, 0.1) is 0 Å². The van der Waals surface area contributed by atoms with Gasteiger partial charge in [0.2, 0.25) is 0 Å². The first-order chi connectivity index (χ1) is 20.6. The van der Waals surface area contributed by atoms with E-state index in [9.17, 15) is 4.79 Å². The minimum atomic E-state index is 0.0293. The fourth-order valence-electron chi connectivity index (χ4n) is 4.75. The van der Waals surface area contributed by atoms with E-state index in [4.69, 9.17) is 4.74 Å². The van der Waals surface area contributed by atoms with Crippen molar-refractivity contribution in [2.75, 3.05) is 4.90 Å². The first-order valence-electron chi connectivity index (χ1n) is 14.1. The summed E-state index contributed by atoms with van der Waals surface area (Å²) in [5.41, 5.74) is 6.62. The van der Waals surface area contributed by atoms with E-state index in [0.29, 0.717) is 17.7 Å². The number of ketones is 1. The third-order valence-electron chi connectivity index (χ3n) is 6.98. The highest BCUT2D eigenvalue weighted by molar-refractivity contribution is 6.09. The number of carbonyl (C=O) groups is 1. The maximum absolute atomic E-state index is 12.8. The van der Waals surface area contributed by atoms with Crippen molar-refractivity contribution in [3.63, 3.8) is 0 Å². The van der Waals surface area contributed by atoms with Crippen molar-refractivity contribution in [2.45, 2.75) is 26.5 Å². The van der Waals surface area contributed by atoms with Crippen LogP contribution in [-0.4, -0.2) is 18.0 Å². The lowest BCUT2D eigenvalue weighted by Gasteiger charge is -2.30. The Labute approximate surface area is 248 Å². The molecule has 0 saturated carbocycles. The van der Waals surface area contributed by atoms with E-state index in [2.05, 4.69) is 53.4 Å². The highest BCUT2D eigenvalue weighted by atomic mass is 16.5. The van der Waals surface area contributed by atoms with Crippen molar-refractivity contribution in [3.05, 3.63) is 174 Å². The molecule has 1 unspecified atom stereocenters. The number of carbonyl (C=O) groups excluding carboxylic acids is 1. The molecule has 0 aromatic heterocycles. The molecular formula is C38H34N2O2. The molecule has 4 nitrogen and oxygen atoms in total. The lowest BCUT2D eigenvalue weighted by atomic mass is 9.98. The maximum Gasteiger partial charge on any atom is 0.193 e. The summed E-state index contributed by atoms with van der Waals surface area (Å²) in [6.45, 7) is 4.71. The summed E-state index contributed by atoms with van der Waals surface area (Å²) in [6.07, 6.45) is 14.4. The fourth-order valence-corrected chi connectivity index (χ4v) is 4.75. The van der Waals surface area contributed by atoms with Crippen molar-refractivity contribution in [3.8, 4) is 5.75 Å². The molecule has 0 fully saturated rings. The number of hydrogen-bond acceptors (Lipinski definition) is 4. The Morgan fingerprint density at radius 2 is 1.52 bits per heavy atom. The van der Waals surface area contributed by atoms with Gasteiger partial charge in [-0.05, 0) is 91.2 Å². The van der Waals surface area contributed by atoms with Gasteiger partial charge in [-0.2, -0.15) is 0 Å². The predicted octanol–water partition coefficient (Wildman–Crippen LogP) is 9.05. The first kappa shape index (κ1) is 28.3. The predicted molar refractivity (Wildman–Crippen MR) is 174 cm³/mol. The van der Waals surface area contributed by atoms with Crippen LogP contribution in [0.3, 0.4) is 0 Å². The number of allylic oxidation sites excluding steroid dienone is 6. The minimum Gasteiger partial charge on any atom is -0.489 e. The average molecular weight is 551 g/mol. The van der Waals surface area contributed by atoms with E-state index in [1.165, 1.54) is 0 Å². The monoisotopic (exact) mass is 550 g/mol. The van der Waals surface area contributed by atoms with Crippen molar-refractivity contribution in [2.24, 2.45) is 4.99 Å². The minimum absolute atomic E-state index is 0.0293. The van der Waals surface area contributed by atoms with E-state index in [1.807, 2.05) is 122 Å². The molecule has 4 aromatic rings. The zero-order chi connectivity index (χ0) is 29.1. The van der Waals surface area contributed by atoms with Crippen molar-refractivity contribution in [1.29, 1.82) is 0 Å². The zero-order valence-corrected chi connectivity index (χ0v) is 23.9. The number of anilines is 1. The van der Waals surface area contributed by atoms with Crippen LogP contribution >= 0.6 is 0 Å². The SMILES string of the molecule is C/C=C\C(=C/C=Nc1ccc(OCc2ccccc2)cc1)C1=CC(C)N(c2ccc(C(=O)c3ccccc3)cc2)C=C1. The summed E-state index contributed by atoms with van der Waals surface area (Å²) >= 11 is 0. The van der Waals surface area contributed by atoms with Crippen LogP contribution < -0.4 is 9.64 Å². The number of nitrogens with zero attached hydrogens (tertiary/aromatic N) is 2. The van der Waals surface area contributed by atoms with Gasteiger partial charge in [0.25, 0.3) is 0 Å². The summed E-state index contributed by atoms with van der Waals surface area (Å²) in [6, 6.07) is 35.2. The molecule has 0 saturated heterocycles. The smallest absolute Gasteiger partial charge is 0.193 e. The van der Waals surface area contributed by atoms with Gasteiger partial charge in [0.15, 0.2) is 5.78 Å². The van der Waals surface area contributed by atoms with Gasteiger partial charge in [-0.25, -0.2) is 0 Å². The zero-order valence-electron chi connectivity index (χ0n) is 23.9. The van der Waals surface area contributed by atoms with Gasteiger partial charge in [-0.15, -0.1) is 0 Å². The highest BCUT2D eigenvalue weighted by Crippen LogP contribution is 2.27. The van der Waals surface area contributed by atoms with Crippen molar-refractivity contribution >= 4 is 23.4 Å².